The summed E-state index contributed by atoms with van der Waals surface area (Å²) >= 11 is 0. The van der Waals surface area contributed by atoms with Gasteiger partial charge in [-0.15, -0.1) is 0 Å². The van der Waals surface area contributed by atoms with Crippen molar-refractivity contribution in [1.29, 1.82) is 0 Å². The number of phenols is 1. The second-order valence-corrected chi connectivity index (χ2v) is 6.11. The summed E-state index contributed by atoms with van der Waals surface area (Å²) in [6.07, 6.45) is 2.42. The Bertz CT molecular complexity index is 499. The Morgan fingerprint density at radius 2 is 1.64 bits per heavy atom. The van der Waals surface area contributed by atoms with Gasteiger partial charge in [-0.05, 0) is 37.6 Å². The summed E-state index contributed by atoms with van der Waals surface area (Å²) in [5.74, 6) is -0.362. The first-order valence-electron chi connectivity index (χ1n) is 8.68. The number of carbonyl (C=O) groups excluding carboxylic acids is 2. The highest BCUT2D eigenvalue weighted by molar-refractivity contribution is 5.80. The average Bonchev–Trinajstić information content (AvgIpc) is 2.56. The molecule has 0 saturated heterocycles. The van der Waals surface area contributed by atoms with Crippen LogP contribution < -0.4 is 16.8 Å². The molecule has 2 amide bonds. The summed E-state index contributed by atoms with van der Waals surface area (Å²) < 4.78 is 0. The van der Waals surface area contributed by atoms with Crippen LogP contribution in [0.4, 0.5) is 0 Å². The van der Waals surface area contributed by atoms with Gasteiger partial charge >= 0.3 is 0 Å². The zero-order chi connectivity index (χ0) is 20.0. The second-order valence-electron chi connectivity index (χ2n) is 6.11. The molecule has 0 aliphatic rings. The summed E-state index contributed by atoms with van der Waals surface area (Å²) in [5.41, 5.74) is 10.9. The third-order valence-corrected chi connectivity index (χ3v) is 3.61. The number of nitrogens with one attached hydrogen (secondary N) is 1. The Morgan fingerprint density at radius 3 is 1.92 bits per heavy atom. The number of aromatic hydroxyl groups is 1. The highest BCUT2D eigenvalue weighted by Crippen LogP contribution is 2.20. The van der Waals surface area contributed by atoms with Gasteiger partial charge < -0.3 is 21.9 Å². The van der Waals surface area contributed by atoms with Crippen LogP contribution in [0.25, 0.3) is 0 Å². The molecule has 1 rings (SSSR count). The number of nitrogens with two attached hydrogens (primary N) is 2. The summed E-state index contributed by atoms with van der Waals surface area (Å²) in [6.45, 7) is 9.79. The molecule has 144 valence electrons. The lowest BCUT2D eigenvalue weighted by molar-refractivity contribution is -0.126. The fourth-order valence-electron chi connectivity index (χ4n) is 1.96. The number of hydrogen-bond acceptors (Lipinski definition) is 4. The quantitative estimate of drug-likeness (QED) is 0.601. The standard InChI is InChI=1S/C10H14N2O2.C7H15NO.C2H6/c1-12-9(10(11)14)6-7-2-4-8(13)5-3-7;1-4-5-7(2,3)6(8)9;1-2/h2-5,9,12-13H,6H2,1H3,(H2,11,14);4-5H2,1-3H3,(H2,8,9);1-2H3. The van der Waals surface area contributed by atoms with Gasteiger partial charge in [-0.2, -0.15) is 0 Å². The van der Waals surface area contributed by atoms with Crippen LogP contribution in [0, 0.1) is 5.41 Å². The number of carbonyl (C=O) groups is 2. The van der Waals surface area contributed by atoms with E-state index in [9.17, 15) is 9.59 Å². The van der Waals surface area contributed by atoms with Crippen LogP contribution in [-0.2, 0) is 16.0 Å². The van der Waals surface area contributed by atoms with E-state index in [0.717, 1.165) is 18.4 Å². The van der Waals surface area contributed by atoms with Gasteiger partial charge in [0.25, 0.3) is 0 Å². The predicted octanol–water partition coefficient (Wildman–Crippen LogP) is 2.33. The van der Waals surface area contributed by atoms with E-state index < -0.39 is 0 Å². The molecule has 0 radical (unpaired) electrons. The Balaban J connectivity index is 0. The Hall–Kier alpha value is -2.08. The molecule has 1 aromatic carbocycles. The van der Waals surface area contributed by atoms with Crippen molar-refractivity contribution in [3.63, 3.8) is 0 Å². The van der Waals surface area contributed by atoms with Gasteiger partial charge in [0.1, 0.15) is 5.75 Å². The fourth-order valence-corrected chi connectivity index (χ4v) is 1.96. The van der Waals surface area contributed by atoms with Crippen molar-refractivity contribution in [2.45, 2.75) is 59.9 Å². The summed E-state index contributed by atoms with van der Waals surface area (Å²) in [6, 6.07) is 6.34. The first kappa shape index (κ1) is 25.2. The summed E-state index contributed by atoms with van der Waals surface area (Å²) in [4.78, 5) is 21.5. The molecule has 1 aromatic rings. The van der Waals surface area contributed by atoms with Crippen LogP contribution in [0.15, 0.2) is 24.3 Å². The Kier molecular flexibility index (Phi) is 13.3. The van der Waals surface area contributed by atoms with Gasteiger partial charge in [0, 0.05) is 5.41 Å². The van der Waals surface area contributed by atoms with E-state index in [1.54, 1.807) is 31.3 Å². The number of primary amides is 2. The Morgan fingerprint density at radius 1 is 1.16 bits per heavy atom. The molecule has 0 bridgehead atoms. The molecule has 6 nitrogen and oxygen atoms in total. The van der Waals surface area contributed by atoms with Crippen LogP contribution in [0.2, 0.25) is 0 Å². The lowest BCUT2D eigenvalue weighted by atomic mass is 9.88. The molecule has 1 unspecified atom stereocenters. The highest BCUT2D eigenvalue weighted by Gasteiger charge is 2.22. The molecule has 0 aliphatic heterocycles. The molecule has 6 heteroatoms. The van der Waals surface area contributed by atoms with Crippen molar-refractivity contribution in [2.75, 3.05) is 7.05 Å². The van der Waals surface area contributed by atoms with Gasteiger partial charge in [-0.1, -0.05) is 53.2 Å². The van der Waals surface area contributed by atoms with Gasteiger partial charge in [0.2, 0.25) is 11.8 Å². The molecule has 0 aliphatic carbocycles. The predicted molar refractivity (Wildman–Crippen MR) is 103 cm³/mol. The van der Waals surface area contributed by atoms with E-state index in [0.29, 0.717) is 6.42 Å². The normalized spacial score (nSPS) is 11.3. The molecular formula is C19H35N3O3. The zero-order valence-corrected chi connectivity index (χ0v) is 16.4. The SMILES string of the molecule is CC.CCCC(C)(C)C(N)=O.CNC(Cc1ccc(O)cc1)C(N)=O. The Labute approximate surface area is 152 Å². The highest BCUT2D eigenvalue weighted by atomic mass is 16.3. The second kappa shape index (κ2) is 13.2. The maximum Gasteiger partial charge on any atom is 0.234 e. The molecule has 0 saturated carbocycles. The van der Waals surface area contributed by atoms with E-state index in [-0.39, 0.29) is 29.0 Å². The molecule has 1 atom stereocenters. The van der Waals surface area contributed by atoms with Gasteiger partial charge in [-0.25, -0.2) is 0 Å². The molecule has 0 heterocycles. The largest absolute Gasteiger partial charge is 0.508 e. The smallest absolute Gasteiger partial charge is 0.234 e. The van der Waals surface area contributed by atoms with E-state index >= 15 is 0 Å². The number of hydrogen-bond donors (Lipinski definition) is 4. The summed E-state index contributed by atoms with van der Waals surface area (Å²) in [7, 11) is 1.69. The molecule has 0 aromatic heterocycles. The van der Waals surface area contributed by atoms with Gasteiger partial charge in [0.05, 0.1) is 6.04 Å². The zero-order valence-electron chi connectivity index (χ0n) is 16.4. The molecule has 0 spiro atoms. The van der Waals surface area contributed by atoms with E-state index in [2.05, 4.69) is 5.32 Å². The van der Waals surface area contributed by atoms with E-state index in [4.69, 9.17) is 16.6 Å². The maximum atomic E-state index is 10.9. The van der Waals surface area contributed by atoms with Crippen molar-refractivity contribution >= 4 is 11.8 Å². The van der Waals surface area contributed by atoms with Crippen molar-refractivity contribution in [1.82, 2.24) is 5.32 Å². The van der Waals surface area contributed by atoms with E-state index in [1.165, 1.54) is 0 Å². The van der Waals surface area contributed by atoms with Crippen LogP contribution in [0.5, 0.6) is 5.75 Å². The molecule has 25 heavy (non-hydrogen) atoms. The number of phenolic OH excluding ortho intramolecular Hbond substituents is 1. The molecule has 6 N–H and O–H groups in total. The minimum atomic E-state index is -0.374. The number of benzene rings is 1. The van der Waals surface area contributed by atoms with E-state index in [1.807, 2.05) is 34.6 Å². The molecule has 0 fully saturated rings. The molecular weight excluding hydrogens is 318 g/mol. The lowest BCUT2D eigenvalue weighted by Crippen LogP contribution is -2.40. The van der Waals surface area contributed by atoms with Crippen molar-refractivity contribution in [3.05, 3.63) is 29.8 Å². The van der Waals surface area contributed by atoms with Crippen molar-refractivity contribution in [2.24, 2.45) is 16.9 Å². The monoisotopic (exact) mass is 353 g/mol. The first-order chi connectivity index (χ1) is 11.6. The van der Waals surface area contributed by atoms with Crippen LogP contribution in [0.3, 0.4) is 0 Å². The number of likely N-dealkylation sites (N-methyl/N-ethyl adjacent to an activating group) is 1. The average molecular weight is 354 g/mol. The number of amides is 2. The number of rotatable bonds is 7. The summed E-state index contributed by atoms with van der Waals surface area (Å²) in [5, 5.41) is 11.9. The van der Waals surface area contributed by atoms with Crippen molar-refractivity contribution < 1.29 is 14.7 Å². The van der Waals surface area contributed by atoms with Crippen LogP contribution in [-0.4, -0.2) is 30.0 Å². The third kappa shape index (κ3) is 11.2. The van der Waals surface area contributed by atoms with Crippen LogP contribution >= 0.6 is 0 Å². The van der Waals surface area contributed by atoms with Crippen molar-refractivity contribution in [3.8, 4) is 5.75 Å². The van der Waals surface area contributed by atoms with Gasteiger partial charge in [0.15, 0.2) is 0 Å². The minimum absolute atomic E-state index is 0.204. The lowest BCUT2D eigenvalue weighted by Gasteiger charge is -2.18. The third-order valence-electron chi connectivity index (χ3n) is 3.61. The topological polar surface area (TPSA) is 118 Å². The fraction of sp³-hybridized carbons (Fsp3) is 0.579. The minimum Gasteiger partial charge on any atom is -0.508 e. The van der Waals surface area contributed by atoms with Crippen LogP contribution in [0.1, 0.15) is 53.0 Å². The maximum absolute atomic E-state index is 10.9. The van der Waals surface area contributed by atoms with Gasteiger partial charge in [-0.3, -0.25) is 9.59 Å². The first-order valence-corrected chi connectivity index (χ1v) is 8.68.